The molecule has 0 atom stereocenters. The molecule has 5 heteroatoms. The first kappa shape index (κ1) is 11.8. The van der Waals surface area contributed by atoms with Crippen molar-refractivity contribution >= 4 is 5.97 Å². The maximum atomic E-state index is 10.7. The molecule has 5 nitrogen and oxygen atoms in total. The average molecular weight is 255 g/mol. The fourth-order valence-corrected chi connectivity index (χ4v) is 2.29. The lowest BCUT2D eigenvalue weighted by molar-refractivity contribution is 0.0690. The normalized spacial score (nSPS) is 14.3. The number of benzene rings is 1. The van der Waals surface area contributed by atoms with Crippen LogP contribution >= 0.6 is 0 Å². The molecular formula is C14H13N3O2. The first-order valence-electron chi connectivity index (χ1n) is 6.06. The molecule has 0 radical (unpaired) electrons. The summed E-state index contributed by atoms with van der Waals surface area (Å²) in [4.78, 5) is 21.0. The summed E-state index contributed by atoms with van der Waals surface area (Å²) < 4.78 is 0. The molecule has 1 aliphatic heterocycles. The second kappa shape index (κ2) is 4.78. The topological polar surface area (TPSA) is 66.3 Å². The smallest absolute Gasteiger partial charge is 0.356 e. The van der Waals surface area contributed by atoms with E-state index in [-0.39, 0.29) is 5.69 Å². The zero-order valence-electron chi connectivity index (χ0n) is 10.3. The maximum absolute atomic E-state index is 10.7. The highest BCUT2D eigenvalue weighted by Gasteiger charge is 2.18. The van der Waals surface area contributed by atoms with Gasteiger partial charge in [0.25, 0.3) is 0 Å². The highest BCUT2D eigenvalue weighted by molar-refractivity contribution is 5.84. The molecule has 0 amide bonds. The van der Waals surface area contributed by atoms with Crippen molar-refractivity contribution < 1.29 is 9.90 Å². The van der Waals surface area contributed by atoms with E-state index in [9.17, 15) is 4.79 Å². The number of carbonyl (C=O) groups is 1. The first-order chi connectivity index (χ1) is 9.22. The van der Waals surface area contributed by atoms with E-state index < -0.39 is 5.97 Å². The van der Waals surface area contributed by atoms with E-state index in [1.165, 1.54) is 23.5 Å². The number of hydrogen-bond acceptors (Lipinski definition) is 4. The minimum absolute atomic E-state index is 0.0199. The fraction of sp³-hybridized carbons (Fsp3) is 0.214. The Morgan fingerprint density at radius 2 is 1.84 bits per heavy atom. The molecule has 1 aliphatic rings. The number of aromatic nitrogens is 2. The second-order valence-corrected chi connectivity index (χ2v) is 4.61. The van der Waals surface area contributed by atoms with E-state index in [1.807, 2.05) is 12.1 Å². The van der Waals surface area contributed by atoms with E-state index in [2.05, 4.69) is 27.0 Å². The fourth-order valence-electron chi connectivity index (χ4n) is 2.29. The van der Waals surface area contributed by atoms with Crippen molar-refractivity contribution in [2.24, 2.45) is 0 Å². The van der Waals surface area contributed by atoms with Crippen molar-refractivity contribution in [1.29, 1.82) is 0 Å². The molecule has 0 saturated carbocycles. The van der Waals surface area contributed by atoms with E-state index in [0.29, 0.717) is 6.54 Å². The summed E-state index contributed by atoms with van der Waals surface area (Å²) in [6.07, 6.45) is 2.84. The molecule has 0 saturated heterocycles. The van der Waals surface area contributed by atoms with Crippen LogP contribution in [0.1, 0.15) is 27.3 Å². The van der Waals surface area contributed by atoms with Gasteiger partial charge in [-0.3, -0.25) is 9.88 Å². The van der Waals surface area contributed by atoms with Gasteiger partial charge >= 0.3 is 5.97 Å². The molecule has 2 aromatic rings. The molecule has 0 aliphatic carbocycles. The van der Waals surface area contributed by atoms with Crippen LogP contribution in [0.25, 0.3) is 0 Å². The molecular weight excluding hydrogens is 242 g/mol. The van der Waals surface area contributed by atoms with Gasteiger partial charge in [0, 0.05) is 19.6 Å². The number of carboxylic acids is 1. The Morgan fingerprint density at radius 3 is 2.37 bits per heavy atom. The number of rotatable bonds is 3. The van der Waals surface area contributed by atoms with Gasteiger partial charge in [-0.05, 0) is 11.1 Å². The first-order valence-corrected chi connectivity index (χ1v) is 6.06. The zero-order valence-corrected chi connectivity index (χ0v) is 10.3. The van der Waals surface area contributed by atoms with Crippen molar-refractivity contribution in [3.63, 3.8) is 0 Å². The summed E-state index contributed by atoms with van der Waals surface area (Å²) in [5.74, 6) is -1.05. The van der Waals surface area contributed by atoms with Gasteiger partial charge in [-0.15, -0.1) is 0 Å². The molecule has 0 bridgehead atoms. The molecule has 96 valence electrons. The van der Waals surface area contributed by atoms with Crippen molar-refractivity contribution in [3.05, 3.63) is 59.2 Å². The van der Waals surface area contributed by atoms with Gasteiger partial charge in [-0.25, -0.2) is 9.78 Å². The quantitative estimate of drug-likeness (QED) is 0.904. The standard InChI is InChI=1S/C14H13N3O2/c18-14(19)13-6-15-12(5-16-13)9-17-7-10-3-1-2-4-11(10)8-17/h1-6H,7-9H2,(H,18,19). The van der Waals surface area contributed by atoms with Gasteiger partial charge < -0.3 is 5.11 Å². The predicted molar refractivity (Wildman–Crippen MR) is 68.4 cm³/mol. The summed E-state index contributed by atoms with van der Waals surface area (Å²) in [5.41, 5.74) is 3.46. The van der Waals surface area contributed by atoms with Crippen LogP contribution in [0.5, 0.6) is 0 Å². The Kier molecular flexibility index (Phi) is 2.97. The minimum atomic E-state index is -1.05. The van der Waals surface area contributed by atoms with Crippen LogP contribution in [0.4, 0.5) is 0 Å². The number of aromatic carboxylic acids is 1. The number of nitrogens with zero attached hydrogens (tertiary/aromatic N) is 3. The maximum Gasteiger partial charge on any atom is 0.356 e. The third-order valence-corrected chi connectivity index (χ3v) is 3.22. The van der Waals surface area contributed by atoms with Crippen LogP contribution in [-0.2, 0) is 19.6 Å². The van der Waals surface area contributed by atoms with E-state index in [1.54, 1.807) is 0 Å². The van der Waals surface area contributed by atoms with E-state index in [0.717, 1.165) is 18.8 Å². The van der Waals surface area contributed by atoms with Crippen molar-refractivity contribution in [1.82, 2.24) is 14.9 Å². The number of carboxylic acid groups (broad SMARTS) is 1. The van der Waals surface area contributed by atoms with Gasteiger partial charge in [-0.1, -0.05) is 24.3 Å². The lowest BCUT2D eigenvalue weighted by Crippen LogP contribution is -2.17. The Morgan fingerprint density at radius 1 is 1.16 bits per heavy atom. The highest BCUT2D eigenvalue weighted by atomic mass is 16.4. The third kappa shape index (κ3) is 2.46. The van der Waals surface area contributed by atoms with Crippen LogP contribution in [0.2, 0.25) is 0 Å². The van der Waals surface area contributed by atoms with Gasteiger partial charge in [0.1, 0.15) is 0 Å². The van der Waals surface area contributed by atoms with E-state index >= 15 is 0 Å². The van der Waals surface area contributed by atoms with Gasteiger partial charge in [0.05, 0.1) is 18.1 Å². The van der Waals surface area contributed by atoms with Crippen LogP contribution < -0.4 is 0 Å². The monoisotopic (exact) mass is 255 g/mol. The number of hydrogen-bond donors (Lipinski definition) is 1. The molecule has 0 fully saturated rings. The van der Waals surface area contributed by atoms with Gasteiger partial charge in [0.15, 0.2) is 5.69 Å². The lowest BCUT2D eigenvalue weighted by atomic mass is 10.1. The van der Waals surface area contributed by atoms with Gasteiger partial charge in [0.2, 0.25) is 0 Å². The van der Waals surface area contributed by atoms with E-state index in [4.69, 9.17) is 5.11 Å². The minimum Gasteiger partial charge on any atom is -0.476 e. The SMILES string of the molecule is O=C(O)c1cnc(CN2Cc3ccccc3C2)cn1. The molecule has 1 N–H and O–H groups in total. The molecule has 1 aromatic carbocycles. The van der Waals surface area contributed by atoms with Crippen LogP contribution in [0, 0.1) is 0 Å². The summed E-state index contributed by atoms with van der Waals surface area (Å²) in [6, 6.07) is 8.36. The molecule has 2 heterocycles. The second-order valence-electron chi connectivity index (χ2n) is 4.61. The van der Waals surface area contributed by atoms with Crippen molar-refractivity contribution in [2.75, 3.05) is 0 Å². The van der Waals surface area contributed by atoms with Crippen LogP contribution in [-0.4, -0.2) is 25.9 Å². The lowest BCUT2D eigenvalue weighted by Gasteiger charge is -2.13. The van der Waals surface area contributed by atoms with Crippen molar-refractivity contribution in [3.8, 4) is 0 Å². The molecule has 0 spiro atoms. The Hall–Kier alpha value is -2.27. The highest BCUT2D eigenvalue weighted by Crippen LogP contribution is 2.23. The van der Waals surface area contributed by atoms with Crippen molar-refractivity contribution in [2.45, 2.75) is 19.6 Å². The summed E-state index contributed by atoms with van der Waals surface area (Å²) >= 11 is 0. The summed E-state index contributed by atoms with van der Waals surface area (Å²) in [6.45, 7) is 2.48. The molecule has 1 aromatic heterocycles. The Balaban J connectivity index is 1.69. The predicted octanol–water partition coefficient (Wildman–Crippen LogP) is 1.69. The van der Waals surface area contributed by atoms with Crippen LogP contribution in [0.3, 0.4) is 0 Å². The largest absolute Gasteiger partial charge is 0.476 e. The Bertz CT molecular complexity index is 585. The Labute approximate surface area is 110 Å². The summed E-state index contributed by atoms with van der Waals surface area (Å²) in [7, 11) is 0. The average Bonchev–Trinajstić information content (AvgIpc) is 2.81. The zero-order chi connectivity index (χ0) is 13.2. The summed E-state index contributed by atoms with van der Waals surface area (Å²) in [5, 5.41) is 8.77. The molecule has 19 heavy (non-hydrogen) atoms. The molecule has 3 rings (SSSR count). The number of fused-ring (bicyclic) bond motifs is 1. The third-order valence-electron chi connectivity index (χ3n) is 3.22. The van der Waals surface area contributed by atoms with Gasteiger partial charge in [-0.2, -0.15) is 0 Å². The van der Waals surface area contributed by atoms with Crippen LogP contribution in [0.15, 0.2) is 36.7 Å². The molecule has 0 unspecified atom stereocenters.